The van der Waals surface area contributed by atoms with Crippen molar-refractivity contribution in [2.75, 3.05) is 5.32 Å². The van der Waals surface area contributed by atoms with Gasteiger partial charge in [0.2, 0.25) is 0 Å². The van der Waals surface area contributed by atoms with Crippen molar-refractivity contribution in [1.82, 2.24) is 4.98 Å². The fourth-order valence-corrected chi connectivity index (χ4v) is 3.43. The van der Waals surface area contributed by atoms with E-state index in [1.165, 1.54) is 4.88 Å². The number of benzene rings is 1. The number of urea groups is 1. The maximum absolute atomic E-state index is 10.8. The highest BCUT2D eigenvalue weighted by molar-refractivity contribution is 7.20. The van der Waals surface area contributed by atoms with Crippen molar-refractivity contribution in [3.8, 4) is 21.1 Å². The first-order valence-electron chi connectivity index (χ1n) is 5.89. The molecule has 0 saturated carbocycles. The number of nitrogens with one attached hydrogen (secondary N) is 1. The molecule has 0 aliphatic heterocycles. The van der Waals surface area contributed by atoms with Crippen molar-refractivity contribution in [3.05, 3.63) is 47.2 Å². The van der Waals surface area contributed by atoms with Crippen LogP contribution in [0.1, 0.15) is 0 Å². The van der Waals surface area contributed by atoms with Gasteiger partial charge in [0.25, 0.3) is 0 Å². The molecule has 0 saturated heterocycles. The molecule has 0 fully saturated rings. The van der Waals surface area contributed by atoms with Gasteiger partial charge >= 0.3 is 6.03 Å². The molecule has 3 aromatic rings. The highest BCUT2D eigenvalue weighted by Crippen LogP contribution is 2.31. The summed E-state index contributed by atoms with van der Waals surface area (Å²) < 4.78 is 0. The zero-order valence-electron chi connectivity index (χ0n) is 10.4. The molecule has 100 valence electrons. The van der Waals surface area contributed by atoms with E-state index in [4.69, 9.17) is 5.73 Å². The summed E-state index contributed by atoms with van der Waals surface area (Å²) in [5.41, 5.74) is 7.69. The number of carbonyl (C=O) groups excluding carboxylic acids is 1. The van der Waals surface area contributed by atoms with E-state index in [1.54, 1.807) is 22.7 Å². The number of nitrogens with zero attached hydrogens (tertiary/aromatic N) is 1. The van der Waals surface area contributed by atoms with E-state index in [1.807, 2.05) is 41.1 Å². The third-order valence-electron chi connectivity index (χ3n) is 2.68. The summed E-state index contributed by atoms with van der Waals surface area (Å²) in [5.74, 6) is 0. The molecule has 2 aromatic heterocycles. The number of rotatable bonds is 3. The lowest BCUT2D eigenvalue weighted by Crippen LogP contribution is -2.19. The quantitative estimate of drug-likeness (QED) is 0.767. The summed E-state index contributed by atoms with van der Waals surface area (Å²) >= 11 is 3.31. The number of primary amides is 1. The van der Waals surface area contributed by atoms with Gasteiger partial charge in [0.05, 0.1) is 10.6 Å². The molecule has 6 heteroatoms. The first-order valence-corrected chi connectivity index (χ1v) is 7.64. The van der Waals surface area contributed by atoms with Crippen molar-refractivity contribution in [3.63, 3.8) is 0 Å². The standard InChI is InChI=1S/C14H11N3OS2/c15-14(18)16-10-5-3-9(4-6-10)11-8-20-13(17-11)12-2-1-7-19-12/h1-8H,(H3,15,16,18). The Labute approximate surface area is 123 Å². The molecule has 3 rings (SSSR count). The molecule has 0 aliphatic carbocycles. The Hall–Kier alpha value is -2.18. The van der Waals surface area contributed by atoms with Gasteiger partial charge in [-0.05, 0) is 23.6 Å². The zero-order valence-corrected chi connectivity index (χ0v) is 12.0. The highest BCUT2D eigenvalue weighted by Gasteiger charge is 2.07. The van der Waals surface area contributed by atoms with Gasteiger partial charge in [-0.15, -0.1) is 22.7 Å². The molecule has 1 aromatic carbocycles. The van der Waals surface area contributed by atoms with Gasteiger partial charge in [-0.2, -0.15) is 0 Å². The van der Waals surface area contributed by atoms with Gasteiger partial charge in [0.15, 0.2) is 0 Å². The van der Waals surface area contributed by atoms with Crippen LogP contribution in [0.4, 0.5) is 10.5 Å². The Morgan fingerprint density at radius 1 is 1.15 bits per heavy atom. The smallest absolute Gasteiger partial charge is 0.316 e. The fraction of sp³-hybridized carbons (Fsp3) is 0. The lowest BCUT2D eigenvalue weighted by Gasteiger charge is -2.02. The lowest BCUT2D eigenvalue weighted by molar-refractivity contribution is 0.259. The minimum Gasteiger partial charge on any atom is -0.351 e. The first kappa shape index (κ1) is 12.8. The minimum absolute atomic E-state index is 0.564. The van der Waals surface area contributed by atoms with Crippen LogP contribution in [0, 0.1) is 0 Å². The predicted octanol–water partition coefficient (Wildman–Crippen LogP) is 4.03. The second-order valence-electron chi connectivity index (χ2n) is 4.08. The van der Waals surface area contributed by atoms with Crippen molar-refractivity contribution in [1.29, 1.82) is 0 Å². The number of thiazole rings is 1. The highest BCUT2D eigenvalue weighted by atomic mass is 32.1. The number of amides is 2. The van der Waals surface area contributed by atoms with Crippen molar-refractivity contribution in [2.24, 2.45) is 5.73 Å². The molecule has 0 radical (unpaired) electrons. The van der Waals surface area contributed by atoms with Crippen LogP contribution in [0.5, 0.6) is 0 Å². The topological polar surface area (TPSA) is 68.0 Å². The zero-order chi connectivity index (χ0) is 13.9. The van der Waals surface area contributed by atoms with Gasteiger partial charge in [-0.25, -0.2) is 9.78 Å². The van der Waals surface area contributed by atoms with Crippen molar-refractivity contribution >= 4 is 34.4 Å². The molecule has 3 N–H and O–H groups in total. The molecule has 0 unspecified atom stereocenters. The second kappa shape index (κ2) is 5.44. The number of anilines is 1. The Balaban J connectivity index is 1.84. The number of thiophene rings is 1. The molecule has 4 nitrogen and oxygen atoms in total. The van der Waals surface area contributed by atoms with Crippen LogP contribution < -0.4 is 11.1 Å². The molecule has 0 spiro atoms. The molecule has 2 amide bonds. The summed E-state index contributed by atoms with van der Waals surface area (Å²) in [6.45, 7) is 0. The van der Waals surface area contributed by atoms with Gasteiger partial charge in [-0.1, -0.05) is 18.2 Å². The Kier molecular flexibility index (Phi) is 3.49. The lowest BCUT2D eigenvalue weighted by atomic mass is 10.1. The van der Waals surface area contributed by atoms with Gasteiger partial charge in [0.1, 0.15) is 5.01 Å². The molecule has 0 atom stereocenters. The van der Waals surface area contributed by atoms with Crippen molar-refractivity contribution in [2.45, 2.75) is 0 Å². The van der Waals surface area contributed by atoms with Crippen LogP contribution >= 0.6 is 22.7 Å². The fourth-order valence-electron chi connectivity index (χ4n) is 1.79. The van der Waals surface area contributed by atoms with E-state index >= 15 is 0 Å². The SMILES string of the molecule is NC(=O)Nc1ccc(-c2csc(-c3cccs3)n2)cc1. The molecular weight excluding hydrogens is 290 g/mol. The summed E-state index contributed by atoms with van der Waals surface area (Å²) in [5, 5.41) is 7.63. The number of aromatic nitrogens is 1. The van der Waals surface area contributed by atoms with Gasteiger partial charge in [-0.3, -0.25) is 0 Å². The maximum atomic E-state index is 10.8. The van der Waals surface area contributed by atoms with Crippen LogP contribution in [0.25, 0.3) is 21.1 Å². The Bertz CT molecular complexity index is 717. The number of carbonyl (C=O) groups is 1. The van der Waals surface area contributed by atoms with E-state index in [9.17, 15) is 4.79 Å². The van der Waals surface area contributed by atoms with Crippen LogP contribution in [-0.4, -0.2) is 11.0 Å². The number of nitrogens with two attached hydrogens (primary N) is 1. The van der Waals surface area contributed by atoms with Gasteiger partial charge < -0.3 is 11.1 Å². The van der Waals surface area contributed by atoms with Crippen molar-refractivity contribution < 1.29 is 4.79 Å². The number of hydrogen-bond donors (Lipinski definition) is 2. The molecule has 0 aliphatic rings. The van der Waals surface area contributed by atoms with Crippen LogP contribution in [-0.2, 0) is 0 Å². The van der Waals surface area contributed by atoms with E-state index in [-0.39, 0.29) is 0 Å². The summed E-state index contributed by atoms with van der Waals surface area (Å²) in [6.07, 6.45) is 0. The van der Waals surface area contributed by atoms with E-state index in [0.717, 1.165) is 16.3 Å². The Morgan fingerprint density at radius 2 is 1.95 bits per heavy atom. The Morgan fingerprint density at radius 3 is 2.60 bits per heavy atom. The molecule has 20 heavy (non-hydrogen) atoms. The monoisotopic (exact) mass is 301 g/mol. The normalized spacial score (nSPS) is 10.4. The average molecular weight is 301 g/mol. The van der Waals surface area contributed by atoms with E-state index < -0.39 is 6.03 Å². The number of hydrogen-bond acceptors (Lipinski definition) is 4. The first-order chi connectivity index (χ1) is 9.72. The molecular formula is C14H11N3OS2. The van der Waals surface area contributed by atoms with Gasteiger partial charge in [0, 0.05) is 16.6 Å². The largest absolute Gasteiger partial charge is 0.351 e. The summed E-state index contributed by atoms with van der Waals surface area (Å²) in [6, 6.07) is 11.0. The second-order valence-corrected chi connectivity index (χ2v) is 5.89. The molecule has 0 bridgehead atoms. The third kappa shape index (κ3) is 2.71. The van der Waals surface area contributed by atoms with E-state index in [2.05, 4.69) is 16.4 Å². The summed E-state index contributed by atoms with van der Waals surface area (Å²) in [4.78, 5) is 16.6. The third-order valence-corrected chi connectivity index (χ3v) is 4.57. The van der Waals surface area contributed by atoms with Crippen LogP contribution in [0.2, 0.25) is 0 Å². The van der Waals surface area contributed by atoms with Crippen LogP contribution in [0.15, 0.2) is 47.2 Å². The maximum Gasteiger partial charge on any atom is 0.316 e. The average Bonchev–Trinajstić information content (AvgIpc) is 3.10. The molecule has 2 heterocycles. The summed E-state index contributed by atoms with van der Waals surface area (Å²) in [7, 11) is 0. The minimum atomic E-state index is -0.564. The predicted molar refractivity (Wildman–Crippen MR) is 84.1 cm³/mol. The van der Waals surface area contributed by atoms with E-state index in [0.29, 0.717) is 5.69 Å². The van der Waals surface area contributed by atoms with Crippen LogP contribution in [0.3, 0.4) is 0 Å².